The van der Waals surface area contributed by atoms with Gasteiger partial charge in [-0.25, -0.2) is 25.7 Å². The van der Waals surface area contributed by atoms with E-state index in [9.17, 15) is 4.79 Å². The largest absolute Gasteiger partial charge is 0.344 e. The summed E-state index contributed by atoms with van der Waals surface area (Å²) in [5, 5.41) is 7.97. The number of H-pyrrole nitrogens is 1. The fourth-order valence-electron chi connectivity index (χ4n) is 2.03. The predicted molar refractivity (Wildman–Crippen MR) is 74.5 cm³/mol. The molecule has 2 heterocycles. The average Bonchev–Trinajstić information content (AvgIpc) is 3.23. The second kappa shape index (κ2) is 5.25. The molecule has 1 fully saturated rings. The van der Waals surface area contributed by atoms with Gasteiger partial charge in [0.1, 0.15) is 17.2 Å². The van der Waals surface area contributed by atoms with Crippen LogP contribution in [0.1, 0.15) is 31.4 Å². The minimum Gasteiger partial charge on any atom is -0.308 e. The minimum atomic E-state index is -0.167. The number of nitrogens with one attached hydrogen (secondary N) is 2. The predicted octanol–water partition coefficient (Wildman–Crippen LogP) is 0.695. The van der Waals surface area contributed by atoms with Crippen LogP contribution in [0.25, 0.3) is 0 Å². The molecule has 0 aliphatic heterocycles. The lowest BCUT2D eigenvalue weighted by molar-refractivity contribution is 0.642. The van der Waals surface area contributed by atoms with Crippen LogP contribution in [0.4, 0.5) is 5.82 Å². The number of rotatable bonds is 5. The zero-order valence-corrected chi connectivity index (χ0v) is 11.8. The zero-order chi connectivity index (χ0) is 14.1. The topological polar surface area (TPSA) is 115 Å². The summed E-state index contributed by atoms with van der Waals surface area (Å²) < 4.78 is 1.70. The van der Waals surface area contributed by atoms with Gasteiger partial charge >= 0.3 is 5.69 Å². The van der Waals surface area contributed by atoms with E-state index < -0.39 is 0 Å². The molecule has 1 aliphatic carbocycles. The Hall–Kier alpha value is -1.87. The molecule has 106 valence electrons. The lowest BCUT2D eigenvalue weighted by Gasteiger charge is -2.10. The first-order valence-electron chi connectivity index (χ1n) is 6.39. The molecule has 2 aromatic heterocycles. The van der Waals surface area contributed by atoms with Crippen LogP contribution in [0, 0.1) is 0 Å². The Morgan fingerprint density at radius 1 is 1.55 bits per heavy atom. The SMILES string of the molecule is CCc1c(NN)ncnc1Sc1n[nH]c(=O)n1C1CC1. The first kappa shape index (κ1) is 13.1. The molecular weight excluding hydrogens is 278 g/mol. The lowest BCUT2D eigenvalue weighted by Crippen LogP contribution is -2.16. The number of nitrogen functional groups attached to an aromatic ring is 1. The highest BCUT2D eigenvalue weighted by molar-refractivity contribution is 7.99. The van der Waals surface area contributed by atoms with Gasteiger partial charge in [0.25, 0.3) is 0 Å². The molecule has 1 saturated carbocycles. The highest BCUT2D eigenvalue weighted by atomic mass is 32.2. The number of hydrogen-bond acceptors (Lipinski definition) is 7. The first-order valence-corrected chi connectivity index (χ1v) is 7.21. The van der Waals surface area contributed by atoms with Crippen molar-refractivity contribution >= 4 is 17.6 Å². The first-order chi connectivity index (χ1) is 9.74. The number of hydrogen-bond donors (Lipinski definition) is 3. The van der Waals surface area contributed by atoms with Gasteiger partial charge in [0.05, 0.1) is 0 Å². The number of aromatic amines is 1. The Bertz CT molecular complexity index is 676. The molecule has 3 rings (SSSR count). The second-order valence-corrected chi connectivity index (χ2v) is 5.47. The third-order valence-corrected chi connectivity index (χ3v) is 4.18. The van der Waals surface area contributed by atoms with E-state index in [1.54, 1.807) is 4.57 Å². The van der Waals surface area contributed by atoms with Crippen LogP contribution in [-0.4, -0.2) is 24.7 Å². The molecule has 0 aromatic carbocycles. The van der Waals surface area contributed by atoms with Crippen LogP contribution in [-0.2, 0) is 6.42 Å². The number of aromatic nitrogens is 5. The standard InChI is InChI=1S/C11H15N7OS/c1-2-7-8(15-12)13-5-14-9(7)20-11-17-16-10(19)18(11)6-3-4-6/h5-6H,2-4,12H2,1H3,(H,16,19)(H,13,14,15). The minimum absolute atomic E-state index is 0.167. The third-order valence-electron chi connectivity index (χ3n) is 3.17. The Kier molecular flexibility index (Phi) is 3.45. The fraction of sp³-hybridized carbons (Fsp3) is 0.455. The Morgan fingerprint density at radius 3 is 3.00 bits per heavy atom. The number of nitrogens with two attached hydrogens (primary N) is 1. The van der Waals surface area contributed by atoms with E-state index in [0.717, 1.165) is 29.9 Å². The second-order valence-electron chi connectivity index (χ2n) is 4.52. The van der Waals surface area contributed by atoms with Gasteiger partial charge < -0.3 is 5.43 Å². The number of nitrogens with zero attached hydrogens (tertiary/aromatic N) is 4. The van der Waals surface area contributed by atoms with E-state index in [1.807, 2.05) is 6.92 Å². The van der Waals surface area contributed by atoms with Crippen LogP contribution < -0.4 is 17.0 Å². The summed E-state index contributed by atoms with van der Waals surface area (Å²) in [6, 6.07) is 0.266. The van der Waals surface area contributed by atoms with Crippen molar-refractivity contribution in [2.45, 2.75) is 42.4 Å². The van der Waals surface area contributed by atoms with Gasteiger partial charge in [-0.2, -0.15) is 0 Å². The summed E-state index contributed by atoms with van der Waals surface area (Å²) in [4.78, 5) is 20.1. The molecule has 0 spiro atoms. The van der Waals surface area contributed by atoms with Gasteiger partial charge in [0.2, 0.25) is 0 Å². The Labute approximate surface area is 119 Å². The summed E-state index contributed by atoms with van der Waals surface area (Å²) >= 11 is 1.36. The van der Waals surface area contributed by atoms with Gasteiger partial charge in [-0.05, 0) is 31.0 Å². The molecule has 4 N–H and O–H groups in total. The smallest absolute Gasteiger partial charge is 0.308 e. The third kappa shape index (κ3) is 2.29. The van der Waals surface area contributed by atoms with Crippen molar-refractivity contribution in [3.8, 4) is 0 Å². The summed E-state index contributed by atoms with van der Waals surface area (Å²) in [5.41, 5.74) is 3.31. The van der Waals surface area contributed by atoms with Gasteiger partial charge in [0, 0.05) is 11.6 Å². The lowest BCUT2D eigenvalue weighted by atomic mass is 10.2. The van der Waals surface area contributed by atoms with Crippen molar-refractivity contribution in [3.05, 3.63) is 22.4 Å². The normalized spacial score (nSPS) is 14.5. The zero-order valence-electron chi connectivity index (χ0n) is 11.0. The quantitative estimate of drug-likeness (QED) is 0.422. The van der Waals surface area contributed by atoms with Crippen LogP contribution in [0.3, 0.4) is 0 Å². The molecule has 8 nitrogen and oxygen atoms in total. The van der Waals surface area contributed by atoms with Gasteiger partial charge in [0.15, 0.2) is 5.16 Å². The van der Waals surface area contributed by atoms with Gasteiger partial charge in [-0.1, -0.05) is 6.92 Å². The van der Waals surface area contributed by atoms with Crippen molar-refractivity contribution in [1.29, 1.82) is 0 Å². The molecule has 20 heavy (non-hydrogen) atoms. The Balaban J connectivity index is 1.97. The molecule has 0 unspecified atom stereocenters. The summed E-state index contributed by atoms with van der Waals surface area (Å²) in [7, 11) is 0. The van der Waals surface area contributed by atoms with Crippen molar-refractivity contribution in [3.63, 3.8) is 0 Å². The molecule has 0 saturated heterocycles. The van der Waals surface area contributed by atoms with E-state index >= 15 is 0 Å². The number of hydrazine groups is 1. The molecule has 0 atom stereocenters. The average molecular weight is 293 g/mol. The molecule has 0 amide bonds. The maximum atomic E-state index is 11.8. The van der Waals surface area contributed by atoms with Gasteiger partial charge in [-0.3, -0.25) is 4.57 Å². The van der Waals surface area contributed by atoms with Gasteiger partial charge in [-0.15, -0.1) is 5.10 Å². The van der Waals surface area contributed by atoms with Crippen LogP contribution in [0.15, 0.2) is 21.3 Å². The van der Waals surface area contributed by atoms with Crippen molar-refractivity contribution in [2.75, 3.05) is 5.43 Å². The molecule has 1 aliphatic rings. The van der Waals surface area contributed by atoms with Crippen molar-refractivity contribution in [1.82, 2.24) is 24.7 Å². The molecule has 0 radical (unpaired) electrons. The van der Waals surface area contributed by atoms with E-state index in [1.165, 1.54) is 18.1 Å². The highest BCUT2D eigenvalue weighted by Gasteiger charge is 2.29. The maximum absolute atomic E-state index is 11.8. The summed E-state index contributed by atoms with van der Waals surface area (Å²) in [5.74, 6) is 6.05. The maximum Gasteiger partial charge on any atom is 0.344 e. The monoisotopic (exact) mass is 293 g/mol. The molecule has 9 heteroatoms. The Morgan fingerprint density at radius 2 is 2.35 bits per heavy atom. The van der Waals surface area contributed by atoms with Crippen molar-refractivity contribution < 1.29 is 0 Å². The van der Waals surface area contributed by atoms with Crippen molar-refractivity contribution in [2.24, 2.45) is 5.84 Å². The van der Waals surface area contributed by atoms with Crippen LogP contribution in [0.5, 0.6) is 0 Å². The fourth-order valence-corrected chi connectivity index (χ4v) is 3.09. The highest BCUT2D eigenvalue weighted by Crippen LogP contribution is 2.38. The summed E-state index contributed by atoms with van der Waals surface area (Å²) in [6.07, 6.45) is 4.23. The van der Waals surface area contributed by atoms with Crippen LogP contribution in [0.2, 0.25) is 0 Å². The van der Waals surface area contributed by atoms with E-state index in [4.69, 9.17) is 5.84 Å². The molecular formula is C11H15N7OS. The molecule has 2 aromatic rings. The summed E-state index contributed by atoms with van der Waals surface area (Å²) in [6.45, 7) is 2.00. The van der Waals surface area contributed by atoms with Crippen LogP contribution >= 0.6 is 11.8 Å². The van der Waals surface area contributed by atoms with E-state index in [-0.39, 0.29) is 11.7 Å². The van der Waals surface area contributed by atoms with E-state index in [0.29, 0.717) is 11.0 Å². The van der Waals surface area contributed by atoms with E-state index in [2.05, 4.69) is 25.6 Å². The molecule has 0 bridgehead atoms. The number of anilines is 1.